The molecule has 1 atom stereocenters. The number of rotatable bonds is 8. The van der Waals surface area contributed by atoms with E-state index in [0.717, 1.165) is 11.1 Å². The van der Waals surface area contributed by atoms with Crippen molar-refractivity contribution in [3.8, 4) is 0 Å². The topological polar surface area (TPSA) is 46.2 Å². The Morgan fingerprint density at radius 2 is 1.21 bits per heavy atom. The number of nitrogens with one attached hydrogen (secondary N) is 1. The molecule has 0 bridgehead atoms. The molecule has 0 aliphatic carbocycles. The van der Waals surface area contributed by atoms with Crippen LogP contribution in [0.4, 0.5) is 0 Å². The molecule has 28 heavy (non-hydrogen) atoms. The van der Waals surface area contributed by atoms with Crippen molar-refractivity contribution in [3.05, 3.63) is 108 Å². The van der Waals surface area contributed by atoms with Gasteiger partial charge in [0, 0.05) is 17.1 Å². The minimum atomic E-state index is -0.610. The van der Waals surface area contributed by atoms with Crippen LogP contribution < -0.4 is 5.32 Å². The molecule has 1 amide bonds. The van der Waals surface area contributed by atoms with E-state index in [0.29, 0.717) is 17.1 Å². The van der Waals surface area contributed by atoms with E-state index in [1.54, 1.807) is 12.1 Å². The smallest absolute Gasteiger partial charge is 0.252 e. The molecule has 0 saturated carbocycles. The molecule has 0 saturated heterocycles. The van der Waals surface area contributed by atoms with Gasteiger partial charge in [0.2, 0.25) is 5.12 Å². The molecule has 3 nitrogen and oxygen atoms in total. The van der Waals surface area contributed by atoms with E-state index in [1.807, 2.05) is 78.9 Å². The molecule has 5 heteroatoms. The van der Waals surface area contributed by atoms with E-state index in [1.165, 1.54) is 23.5 Å². The fraction of sp³-hybridized carbons (Fsp3) is 0.130. The predicted octanol–water partition coefficient (Wildman–Crippen LogP) is 5.14. The van der Waals surface area contributed by atoms with Crippen molar-refractivity contribution >= 4 is 34.5 Å². The average Bonchev–Trinajstić information content (AvgIpc) is 2.77. The molecule has 0 spiro atoms. The van der Waals surface area contributed by atoms with Gasteiger partial charge in [0.15, 0.2) is 0 Å². The molecular formula is C23H21NO2S2. The normalized spacial score (nSPS) is 11.6. The monoisotopic (exact) mass is 407 g/mol. The SMILES string of the molecule is O=C(NC(SCc1ccccc1)C(=O)SCc1ccccc1)c1ccccc1. The van der Waals surface area contributed by atoms with Crippen LogP contribution in [0.15, 0.2) is 91.0 Å². The largest absolute Gasteiger partial charge is 0.333 e. The lowest BCUT2D eigenvalue weighted by Crippen LogP contribution is -2.37. The van der Waals surface area contributed by atoms with Crippen LogP contribution in [-0.4, -0.2) is 16.4 Å². The number of hydrogen-bond acceptors (Lipinski definition) is 4. The van der Waals surface area contributed by atoms with Crippen LogP contribution in [0.1, 0.15) is 21.5 Å². The highest BCUT2D eigenvalue weighted by Gasteiger charge is 2.22. The molecule has 0 aromatic heterocycles. The number of carbonyl (C=O) groups is 2. The van der Waals surface area contributed by atoms with Gasteiger partial charge in [-0.1, -0.05) is 90.6 Å². The second-order valence-corrected chi connectivity index (χ2v) is 8.18. The third kappa shape index (κ3) is 6.29. The van der Waals surface area contributed by atoms with Crippen molar-refractivity contribution < 1.29 is 9.59 Å². The summed E-state index contributed by atoms with van der Waals surface area (Å²) in [6, 6.07) is 28.8. The van der Waals surface area contributed by atoms with Crippen molar-refractivity contribution in [2.24, 2.45) is 0 Å². The maximum Gasteiger partial charge on any atom is 0.252 e. The van der Waals surface area contributed by atoms with Gasteiger partial charge < -0.3 is 5.32 Å². The lowest BCUT2D eigenvalue weighted by atomic mass is 10.2. The molecule has 0 aliphatic rings. The zero-order chi connectivity index (χ0) is 19.6. The molecule has 1 N–H and O–H groups in total. The standard InChI is InChI=1S/C23H21NO2S2/c25-21(20-14-8-3-9-15-20)24-22(27-16-18-10-4-1-5-11-18)23(26)28-17-19-12-6-2-7-13-19/h1-15,22H,16-17H2,(H,24,25). The summed E-state index contributed by atoms with van der Waals surface area (Å²) >= 11 is 2.67. The van der Waals surface area contributed by atoms with E-state index in [-0.39, 0.29) is 11.0 Å². The summed E-state index contributed by atoms with van der Waals surface area (Å²) in [6.07, 6.45) is 0. The minimum absolute atomic E-state index is 0.0472. The first-order valence-corrected chi connectivity index (χ1v) is 11.0. The van der Waals surface area contributed by atoms with Crippen molar-refractivity contribution in [1.82, 2.24) is 5.32 Å². The fourth-order valence-corrected chi connectivity index (χ4v) is 4.52. The summed E-state index contributed by atoms with van der Waals surface area (Å²) in [6.45, 7) is 0. The Hall–Kier alpha value is -2.50. The Balaban J connectivity index is 1.65. The molecule has 0 heterocycles. The van der Waals surface area contributed by atoms with Gasteiger partial charge in [-0.25, -0.2) is 0 Å². The van der Waals surface area contributed by atoms with Crippen LogP contribution in [0.5, 0.6) is 0 Å². The van der Waals surface area contributed by atoms with Gasteiger partial charge >= 0.3 is 0 Å². The van der Waals surface area contributed by atoms with E-state index < -0.39 is 5.37 Å². The van der Waals surface area contributed by atoms with E-state index >= 15 is 0 Å². The number of hydrogen-bond donors (Lipinski definition) is 1. The van der Waals surface area contributed by atoms with Gasteiger partial charge in [-0.2, -0.15) is 0 Å². The summed E-state index contributed by atoms with van der Waals surface area (Å²) in [5.74, 6) is 1.00. The minimum Gasteiger partial charge on any atom is -0.333 e. The molecule has 142 valence electrons. The third-order valence-corrected chi connectivity index (χ3v) is 6.31. The van der Waals surface area contributed by atoms with Crippen molar-refractivity contribution in [3.63, 3.8) is 0 Å². The molecular weight excluding hydrogens is 386 g/mol. The van der Waals surface area contributed by atoms with Crippen molar-refractivity contribution in [1.29, 1.82) is 0 Å². The van der Waals surface area contributed by atoms with E-state index in [2.05, 4.69) is 5.32 Å². The van der Waals surface area contributed by atoms with Crippen LogP contribution >= 0.6 is 23.5 Å². The van der Waals surface area contributed by atoms with Crippen molar-refractivity contribution in [2.75, 3.05) is 0 Å². The van der Waals surface area contributed by atoms with Crippen LogP contribution in [0.2, 0.25) is 0 Å². The average molecular weight is 408 g/mol. The maximum atomic E-state index is 12.8. The van der Waals surface area contributed by atoms with Crippen LogP contribution in [0.3, 0.4) is 0 Å². The Kier molecular flexibility index (Phi) is 7.76. The van der Waals surface area contributed by atoms with Gasteiger partial charge in [-0.15, -0.1) is 11.8 Å². The van der Waals surface area contributed by atoms with Crippen LogP contribution in [0, 0.1) is 0 Å². The summed E-state index contributed by atoms with van der Waals surface area (Å²) in [7, 11) is 0. The second kappa shape index (κ2) is 10.7. The number of carbonyl (C=O) groups excluding carboxylic acids is 2. The molecule has 1 unspecified atom stereocenters. The molecule has 3 rings (SSSR count). The van der Waals surface area contributed by atoms with Gasteiger partial charge in [0.25, 0.3) is 5.91 Å². The third-order valence-electron chi connectivity index (χ3n) is 4.00. The van der Waals surface area contributed by atoms with Crippen molar-refractivity contribution in [2.45, 2.75) is 16.9 Å². The molecule has 0 aliphatic heterocycles. The van der Waals surface area contributed by atoms with Crippen LogP contribution in [-0.2, 0) is 16.3 Å². The molecule has 0 fully saturated rings. The summed E-state index contributed by atoms with van der Waals surface area (Å²) < 4.78 is 0. The van der Waals surface area contributed by atoms with E-state index in [4.69, 9.17) is 0 Å². The van der Waals surface area contributed by atoms with Gasteiger partial charge in [0.1, 0.15) is 5.37 Å². The highest BCUT2D eigenvalue weighted by Crippen LogP contribution is 2.23. The zero-order valence-electron chi connectivity index (χ0n) is 15.3. The summed E-state index contributed by atoms with van der Waals surface area (Å²) in [5, 5.41) is 2.24. The maximum absolute atomic E-state index is 12.8. The van der Waals surface area contributed by atoms with Gasteiger partial charge in [-0.05, 0) is 23.3 Å². The Bertz CT molecular complexity index is 886. The quantitative estimate of drug-likeness (QED) is 0.526. The molecule has 3 aromatic carbocycles. The predicted molar refractivity (Wildman–Crippen MR) is 118 cm³/mol. The fourth-order valence-electron chi connectivity index (χ4n) is 2.52. The Morgan fingerprint density at radius 1 is 0.714 bits per heavy atom. The number of thioether (sulfide) groups is 2. The lowest BCUT2D eigenvalue weighted by Gasteiger charge is -2.17. The zero-order valence-corrected chi connectivity index (χ0v) is 16.9. The summed E-state index contributed by atoms with van der Waals surface area (Å²) in [5.41, 5.74) is 2.75. The second-order valence-electron chi connectivity index (χ2n) is 6.11. The molecule has 3 aromatic rings. The van der Waals surface area contributed by atoms with Gasteiger partial charge in [-0.3, -0.25) is 9.59 Å². The number of amides is 1. The van der Waals surface area contributed by atoms with Crippen LogP contribution in [0.25, 0.3) is 0 Å². The first-order chi connectivity index (χ1) is 13.7. The first kappa shape index (κ1) is 20.2. The Morgan fingerprint density at radius 3 is 1.79 bits per heavy atom. The highest BCUT2D eigenvalue weighted by molar-refractivity contribution is 8.15. The van der Waals surface area contributed by atoms with Gasteiger partial charge in [0.05, 0.1) is 0 Å². The number of benzene rings is 3. The lowest BCUT2D eigenvalue weighted by molar-refractivity contribution is -0.110. The van der Waals surface area contributed by atoms with E-state index in [9.17, 15) is 9.59 Å². The molecule has 0 radical (unpaired) electrons. The summed E-state index contributed by atoms with van der Waals surface area (Å²) in [4.78, 5) is 25.4. The highest BCUT2D eigenvalue weighted by atomic mass is 32.2. The first-order valence-electron chi connectivity index (χ1n) is 8.94. The Labute approximate surface area is 173 Å².